The summed E-state index contributed by atoms with van der Waals surface area (Å²) in [6.07, 6.45) is 2.81. The van der Waals surface area contributed by atoms with Gasteiger partial charge >= 0.3 is 0 Å². The highest BCUT2D eigenvalue weighted by molar-refractivity contribution is 7.80. The molecule has 2 N–H and O–H groups in total. The van der Waals surface area contributed by atoms with E-state index in [1.165, 1.54) is 11.3 Å². The van der Waals surface area contributed by atoms with Gasteiger partial charge in [-0.25, -0.2) is 0 Å². The average Bonchev–Trinajstić information content (AvgIpc) is 2.47. The Balaban J connectivity index is 2.12. The fourth-order valence-corrected chi connectivity index (χ4v) is 2.17. The predicted molar refractivity (Wildman–Crippen MR) is 88.1 cm³/mol. The predicted octanol–water partition coefficient (Wildman–Crippen LogP) is 2.91. The van der Waals surface area contributed by atoms with E-state index in [1.54, 1.807) is 6.20 Å². The van der Waals surface area contributed by atoms with Crippen LogP contribution in [0.2, 0.25) is 0 Å². The van der Waals surface area contributed by atoms with Crippen molar-refractivity contribution in [3.8, 4) is 0 Å². The monoisotopic (exact) mass is 285 g/mol. The highest BCUT2D eigenvalue weighted by atomic mass is 32.1. The maximum Gasteiger partial charge on any atom is 0.122 e. The van der Waals surface area contributed by atoms with E-state index in [0.29, 0.717) is 10.7 Å². The molecule has 0 unspecified atom stereocenters. The summed E-state index contributed by atoms with van der Waals surface area (Å²) in [5, 5.41) is 0. The number of thiocarbonyl (C=S) groups is 1. The van der Waals surface area contributed by atoms with Crippen molar-refractivity contribution in [2.45, 2.75) is 19.9 Å². The Hall–Kier alpha value is -1.94. The lowest BCUT2D eigenvalue weighted by Crippen LogP contribution is -2.17. The van der Waals surface area contributed by atoms with Gasteiger partial charge in [-0.3, -0.25) is 4.98 Å². The van der Waals surface area contributed by atoms with E-state index in [1.807, 2.05) is 12.1 Å². The summed E-state index contributed by atoms with van der Waals surface area (Å²) in [6, 6.07) is 12.6. The number of nitrogens with two attached hydrogens (primary N) is 1. The topological polar surface area (TPSA) is 42.2 Å². The van der Waals surface area contributed by atoms with E-state index < -0.39 is 0 Å². The number of pyridine rings is 1. The van der Waals surface area contributed by atoms with Crippen molar-refractivity contribution in [3.05, 3.63) is 59.4 Å². The van der Waals surface area contributed by atoms with Crippen LogP contribution in [0.3, 0.4) is 0 Å². The van der Waals surface area contributed by atoms with Gasteiger partial charge in [0.1, 0.15) is 4.99 Å². The number of aryl methyl sites for hydroxylation is 1. The summed E-state index contributed by atoms with van der Waals surface area (Å²) in [7, 11) is 2.07. The molecule has 0 spiro atoms. The molecule has 0 aliphatic rings. The fraction of sp³-hybridized carbons (Fsp3) is 0.250. The third kappa shape index (κ3) is 3.54. The van der Waals surface area contributed by atoms with Crippen LogP contribution in [-0.4, -0.2) is 17.0 Å². The molecule has 1 aromatic carbocycles. The lowest BCUT2D eigenvalue weighted by atomic mass is 10.1. The zero-order valence-corrected chi connectivity index (χ0v) is 12.7. The van der Waals surface area contributed by atoms with Crippen molar-refractivity contribution in [1.82, 2.24) is 4.98 Å². The van der Waals surface area contributed by atoms with Gasteiger partial charge in [0.15, 0.2) is 0 Å². The molecule has 0 atom stereocenters. The zero-order chi connectivity index (χ0) is 14.5. The molecular formula is C16H19N3S. The number of benzene rings is 1. The Morgan fingerprint density at radius 1 is 1.20 bits per heavy atom. The Kier molecular flexibility index (Phi) is 4.69. The van der Waals surface area contributed by atoms with Gasteiger partial charge in [-0.15, -0.1) is 0 Å². The Morgan fingerprint density at radius 2 is 1.90 bits per heavy atom. The largest absolute Gasteiger partial charge is 0.388 e. The first-order chi connectivity index (χ1) is 9.60. The van der Waals surface area contributed by atoms with E-state index in [0.717, 1.165) is 18.5 Å². The van der Waals surface area contributed by atoms with Crippen LogP contribution in [0.5, 0.6) is 0 Å². The minimum Gasteiger partial charge on any atom is -0.388 e. The first-order valence-electron chi connectivity index (χ1n) is 6.65. The number of hydrogen-bond donors (Lipinski definition) is 1. The molecule has 2 rings (SSSR count). The van der Waals surface area contributed by atoms with Crippen LogP contribution >= 0.6 is 12.2 Å². The van der Waals surface area contributed by atoms with E-state index in [2.05, 4.69) is 48.1 Å². The maximum atomic E-state index is 5.61. The summed E-state index contributed by atoms with van der Waals surface area (Å²) in [6.45, 7) is 2.95. The molecule has 0 radical (unpaired) electrons. The van der Waals surface area contributed by atoms with Gasteiger partial charge in [-0.05, 0) is 41.8 Å². The van der Waals surface area contributed by atoms with E-state index in [4.69, 9.17) is 18.0 Å². The molecule has 1 heterocycles. The number of rotatable bonds is 5. The van der Waals surface area contributed by atoms with Crippen molar-refractivity contribution in [3.63, 3.8) is 0 Å². The summed E-state index contributed by atoms with van der Waals surface area (Å²) in [4.78, 5) is 6.68. The molecule has 0 fully saturated rings. The number of nitrogens with zero attached hydrogens (tertiary/aromatic N) is 2. The number of anilines is 1. The summed E-state index contributed by atoms with van der Waals surface area (Å²) >= 11 is 4.96. The zero-order valence-electron chi connectivity index (χ0n) is 11.8. The third-order valence-electron chi connectivity index (χ3n) is 3.28. The number of aromatic nitrogens is 1. The standard InChI is InChI=1S/C16H19N3S/c1-3-12-4-6-14(7-5-12)19(2)11-13-8-9-18-15(10-13)16(17)20/h4-10H,3,11H2,1-2H3,(H2,17,20). The normalized spacial score (nSPS) is 10.3. The Labute approximate surface area is 125 Å². The molecule has 0 amide bonds. The van der Waals surface area contributed by atoms with Crippen LogP contribution in [-0.2, 0) is 13.0 Å². The summed E-state index contributed by atoms with van der Waals surface area (Å²) in [5.74, 6) is 0. The van der Waals surface area contributed by atoms with Gasteiger partial charge in [-0.1, -0.05) is 31.3 Å². The van der Waals surface area contributed by atoms with Crippen molar-refractivity contribution in [2.24, 2.45) is 5.73 Å². The minimum atomic E-state index is 0.335. The molecule has 3 nitrogen and oxygen atoms in total. The lowest BCUT2D eigenvalue weighted by Gasteiger charge is -2.20. The molecule has 0 aliphatic carbocycles. The highest BCUT2D eigenvalue weighted by Gasteiger charge is 2.04. The summed E-state index contributed by atoms with van der Waals surface area (Å²) in [5.41, 5.74) is 9.97. The van der Waals surface area contributed by atoms with Crippen LogP contribution in [0.1, 0.15) is 23.7 Å². The average molecular weight is 285 g/mol. The third-order valence-corrected chi connectivity index (χ3v) is 3.49. The Morgan fingerprint density at radius 3 is 2.50 bits per heavy atom. The molecule has 0 saturated heterocycles. The van der Waals surface area contributed by atoms with Crippen LogP contribution in [0, 0.1) is 0 Å². The van der Waals surface area contributed by atoms with Crippen LogP contribution in [0.25, 0.3) is 0 Å². The molecule has 4 heteroatoms. The highest BCUT2D eigenvalue weighted by Crippen LogP contribution is 2.17. The lowest BCUT2D eigenvalue weighted by molar-refractivity contribution is 0.917. The van der Waals surface area contributed by atoms with Crippen molar-refractivity contribution >= 4 is 22.9 Å². The smallest absolute Gasteiger partial charge is 0.122 e. The number of hydrogen-bond acceptors (Lipinski definition) is 3. The second-order valence-corrected chi connectivity index (χ2v) is 5.23. The molecule has 104 valence electrons. The minimum absolute atomic E-state index is 0.335. The van der Waals surface area contributed by atoms with Gasteiger partial charge in [0, 0.05) is 25.5 Å². The quantitative estimate of drug-likeness (QED) is 0.858. The second kappa shape index (κ2) is 6.48. The van der Waals surface area contributed by atoms with E-state index in [9.17, 15) is 0 Å². The van der Waals surface area contributed by atoms with Crippen molar-refractivity contribution in [2.75, 3.05) is 11.9 Å². The van der Waals surface area contributed by atoms with E-state index >= 15 is 0 Å². The molecule has 0 saturated carbocycles. The van der Waals surface area contributed by atoms with Gasteiger partial charge < -0.3 is 10.6 Å². The summed E-state index contributed by atoms with van der Waals surface area (Å²) < 4.78 is 0. The maximum absolute atomic E-state index is 5.61. The SMILES string of the molecule is CCc1ccc(N(C)Cc2ccnc(C(N)=S)c2)cc1. The molecule has 1 aromatic heterocycles. The molecule has 20 heavy (non-hydrogen) atoms. The van der Waals surface area contributed by atoms with Gasteiger partial charge in [0.25, 0.3) is 0 Å². The molecule has 0 aliphatic heterocycles. The van der Waals surface area contributed by atoms with Crippen molar-refractivity contribution in [1.29, 1.82) is 0 Å². The van der Waals surface area contributed by atoms with Crippen LogP contribution in [0.4, 0.5) is 5.69 Å². The fourth-order valence-electron chi connectivity index (χ4n) is 2.06. The first kappa shape index (κ1) is 14.5. The first-order valence-corrected chi connectivity index (χ1v) is 7.05. The molecular weight excluding hydrogens is 266 g/mol. The molecule has 0 bridgehead atoms. The van der Waals surface area contributed by atoms with Crippen LogP contribution in [0.15, 0.2) is 42.6 Å². The van der Waals surface area contributed by atoms with Crippen molar-refractivity contribution < 1.29 is 0 Å². The Bertz CT molecular complexity index is 593. The molecule has 2 aromatic rings. The second-order valence-electron chi connectivity index (χ2n) is 4.79. The van der Waals surface area contributed by atoms with Gasteiger partial charge in [0.05, 0.1) is 5.69 Å². The van der Waals surface area contributed by atoms with E-state index in [-0.39, 0.29) is 0 Å². The van der Waals surface area contributed by atoms with Gasteiger partial charge in [0.2, 0.25) is 0 Å². The van der Waals surface area contributed by atoms with Gasteiger partial charge in [-0.2, -0.15) is 0 Å². The van der Waals surface area contributed by atoms with Crippen LogP contribution < -0.4 is 10.6 Å².